The van der Waals surface area contributed by atoms with Crippen LogP contribution in [0, 0.1) is 0 Å². The second-order valence-corrected chi connectivity index (χ2v) is 4.82. The van der Waals surface area contributed by atoms with Crippen LogP contribution in [0.4, 0.5) is 0 Å². The Bertz CT molecular complexity index is 425. The zero-order chi connectivity index (χ0) is 13.0. The number of hydrogen-bond acceptors (Lipinski definition) is 4. The summed E-state index contributed by atoms with van der Waals surface area (Å²) in [6, 6.07) is 7.15. The van der Waals surface area contributed by atoms with Crippen LogP contribution in [-0.2, 0) is 4.74 Å². The summed E-state index contributed by atoms with van der Waals surface area (Å²) >= 11 is 0. The lowest BCUT2D eigenvalue weighted by atomic mass is 9.94. The van der Waals surface area contributed by atoms with E-state index in [0.29, 0.717) is 5.56 Å². The maximum Gasteiger partial charge on any atom is 0.337 e. The fourth-order valence-electron chi connectivity index (χ4n) is 2.15. The Balaban J connectivity index is 2.11. The Hall–Kier alpha value is -1.55. The molecule has 0 radical (unpaired) electrons. The molecule has 1 aromatic carbocycles. The molecule has 1 aliphatic heterocycles. The first-order valence-corrected chi connectivity index (χ1v) is 6.21. The van der Waals surface area contributed by atoms with E-state index in [2.05, 4.69) is 12.2 Å². The van der Waals surface area contributed by atoms with Crippen molar-refractivity contribution in [3.63, 3.8) is 0 Å². The van der Waals surface area contributed by atoms with Crippen molar-refractivity contribution in [2.24, 2.45) is 0 Å². The normalized spacial score (nSPS) is 18.1. The molecule has 0 amide bonds. The number of benzene rings is 1. The van der Waals surface area contributed by atoms with E-state index in [1.807, 2.05) is 12.1 Å². The van der Waals surface area contributed by atoms with E-state index in [9.17, 15) is 4.79 Å². The molecule has 0 atom stereocenters. The van der Waals surface area contributed by atoms with Crippen LogP contribution >= 0.6 is 0 Å². The van der Waals surface area contributed by atoms with Crippen molar-refractivity contribution in [2.75, 3.05) is 20.2 Å². The SMILES string of the molecule is COC(=O)c1cccc(OC2(C)CCNCC2)c1. The Morgan fingerprint density at radius 3 is 2.72 bits per heavy atom. The standard InChI is InChI=1S/C14H19NO3/c1-14(6-8-15-9-7-14)18-12-5-3-4-11(10-12)13(16)17-2/h3-5,10,15H,6-9H2,1-2H3. The quantitative estimate of drug-likeness (QED) is 0.832. The number of hydrogen-bond donors (Lipinski definition) is 1. The Morgan fingerprint density at radius 1 is 1.33 bits per heavy atom. The second-order valence-electron chi connectivity index (χ2n) is 4.82. The minimum Gasteiger partial charge on any atom is -0.487 e. The van der Waals surface area contributed by atoms with Gasteiger partial charge in [-0.05, 0) is 51.1 Å². The third-order valence-electron chi connectivity index (χ3n) is 3.28. The van der Waals surface area contributed by atoms with Crippen molar-refractivity contribution < 1.29 is 14.3 Å². The van der Waals surface area contributed by atoms with Crippen LogP contribution < -0.4 is 10.1 Å². The molecule has 0 unspecified atom stereocenters. The molecule has 0 aliphatic carbocycles. The fraction of sp³-hybridized carbons (Fsp3) is 0.500. The van der Waals surface area contributed by atoms with Crippen molar-refractivity contribution in [2.45, 2.75) is 25.4 Å². The van der Waals surface area contributed by atoms with E-state index >= 15 is 0 Å². The van der Waals surface area contributed by atoms with Crippen LogP contribution in [-0.4, -0.2) is 31.8 Å². The van der Waals surface area contributed by atoms with E-state index in [1.54, 1.807) is 12.1 Å². The number of piperidine rings is 1. The van der Waals surface area contributed by atoms with Gasteiger partial charge in [-0.25, -0.2) is 4.79 Å². The van der Waals surface area contributed by atoms with Crippen molar-refractivity contribution in [3.8, 4) is 5.75 Å². The first kappa shape index (κ1) is 12.9. The summed E-state index contributed by atoms with van der Waals surface area (Å²) in [5, 5.41) is 3.31. The zero-order valence-electron chi connectivity index (χ0n) is 10.9. The molecule has 1 aliphatic rings. The van der Waals surface area contributed by atoms with Crippen LogP contribution in [0.3, 0.4) is 0 Å². The average Bonchev–Trinajstić information content (AvgIpc) is 2.38. The van der Waals surface area contributed by atoms with Gasteiger partial charge in [-0.15, -0.1) is 0 Å². The molecule has 1 N–H and O–H groups in total. The molecule has 18 heavy (non-hydrogen) atoms. The van der Waals surface area contributed by atoms with Crippen molar-refractivity contribution in [1.29, 1.82) is 0 Å². The van der Waals surface area contributed by atoms with Gasteiger partial charge in [0.2, 0.25) is 0 Å². The van der Waals surface area contributed by atoms with Gasteiger partial charge in [0.15, 0.2) is 0 Å². The van der Waals surface area contributed by atoms with E-state index in [-0.39, 0.29) is 11.6 Å². The number of esters is 1. The van der Waals surface area contributed by atoms with Crippen LogP contribution in [0.2, 0.25) is 0 Å². The lowest BCUT2D eigenvalue weighted by Crippen LogP contribution is -2.43. The van der Waals surface area contributed by atoms with Gasteiger partial charge in [0, 0.05) is 0 Å². The molecule has 1 fully saturated rings. The summed E-state index contributed by atoms with van der Waals surface area (Å²) in [6.07, 6.45) is 1.94. The molecule has 0 spiro atoms. The highest BCUT2D eigenvalue weighted by atomic mass is 16.5. The Labute approximate surface area is 107 Å². The molecular weight excluding hydrogens is 230 g/mol. The maximum absolute atomic E-state index is 11.4. The summed E-state index contributed by atoms with van der Waals surface area (Å²) < 4.78 is 10.7. The Kier molecular flexibility index (Phi) is 3.87. The largest absolute Gasteiger partial charge is 0.487 e. The number of nitrogens with one attached hydrogen (secondary N) is 1. The fourth-order valence-corrected chi connectivity index (χ4v) is 2.15. The van der Waals surface area contributed by atoms with Crippen LogP contribution in [0.15, 0.2) is 24.3 Å². The first-order chi connectivity index (χ1) is 8.63. The smallest absolute Gasteiger partial charge is 0.337 e. The topological polar surface area (TPSA) is 47.6 Å². The van der Waals surface area contributed by atoms with Gasteiger partial charge < -0.3 is 14.8 Å². The van der Waals surface area contributed by atoms with Gasteiger partial charge in [0.25, 0.3) is 0 Å². The van der Waals surface area contributed by atoms with Gasteiger partial charge in [-0.3, -0.25) is 0 Å². The zero-order valence-corrected chi connectivity index (χ0v) is 10.9. The summed E-state index contributed by atoms with van der Waals surface area (Å²) in [5.41, 5.74) is 0.368. The third kappa shape index (κ3) is 3.01. The van der Waals surface area contributed by atoms with Crippen LogP contribution in [0.25, 0.3) is 0 Å². The summed E-state index contributed by atoms with van der Waals surface area (Å²) in [4.78, 5) is 11.4. The summed E-state index contributed by atoms with van der Waals surface area (Å²) in [5.74, 6) is 0.387. The second kappa shape index (κ2) is 5.40. The highest BCUT2D eigenvalue weighted by molar-refractivity contribution is 5.89. The van der Waals surface area contributed by atoms with E-state index in [0.717, 1.165) is 31.7 Å². The number of ether oxygens (including phenoxy) is 2. The van der Waals surface area contributed by atoms with Crippen molar-refractivity contribution in [1.82, 2.24) is 5.32 Å². The van der Waals surface area contributed by atoms with Crippen molar-refractivity contribution >= 4 is 5.97 Å². The molecule has 4 heteroatoms. The summed E-state index contributed by atoms with van der Waals surface area (Å²) in [7, 11) is 1.38. The highest BCUT2D eigenvalue weighted by Gasteiger charge is 2.28. The molecule has 1 aromatic rings. The first-order valence-electron chi connectivity index (χ1n) is 6.21. The lowest BCUT2D eigenvalue weighted by molar-refractivity contribution is 0.0538. The predicted molar refractivity (Wildman–Crippen MR) is 68.9 cm³/mol. The Morgan fingerprint density at radius 2 is 2.06 bits per heavy atom. The molecule has 2 rings (SSSR count). The number of rotatable bonds is 3. The molecular formula is C14H19NO3. The predicted octanol–water partition coefficient (Wildman–Crippen LogP) is 1.99. The molecule has 0 bridgehead atoms. The average molecular weight is 249 g/mol. The minimum absolute atomic E-state index is 0.153. The maximum atomic E-state index is 11.4. The van der Waals surface area contributed by atoms with Gasteiger partial charge in [0.1, 0.15) is 11.4 Å². The highest BCUT2D eigenvalue weighted by Crippen LogP contribution is 2.26. The number of carbonyl (C=O) groups is 1. The molecule has 4 nitrogen and oxygen atoms in total. The van der Waals surface area contributed by atoms with Crippen LogP contribution in [0.1, 0.15) is 30.1 Å². The van der Waals surface area contributed by atoms with E-state index < -0.39 is 0 Å². The summed E-state index contributed by atoms with van der Waals surface area (Å²) in [6.45, 7) is 4.04. The van der Waals surface area contributed by atoms with Crippen molar-refractivity contribution in [3.05, 3.63) is 29.8 Å². The molecule has 1 heterocycles. The van der Waals surface area contributed by atoms with E-state index in [1.165, 1.54) is 7.11 Å². The number of carbonyl (C=O) groups excluding carboxylic acids is 1. The molecule has 1 saturated heterocycles. The molecule has 0 aromatic heterocycles. The third-order valence-corrected chi connectivity index (χ3v) is 3.28. The van der Waals surface area contributed by atoms with Gasteiger partial charge in [-0.2, -0.15) is 0 Å². The van der Waals surface area contributed by atoms with Gasteiger partial charge >= 0.3 is 5.97 Å². The lowest BCUT2D eigenvalue weighted by Gasteiger charge is -2.34. The number of methoxy groups -OCH3 is 1. The monoisotopic (exact) mass is 249 g/mol. The molecule has 0 saturated carbocycles. The van der Waals surface area contributed by atoms with E-state index in [4.69, 9.17) is 9.47 Å². The van der Waals surface area contributed by atoms with Gasteiger partial charge in [0.05, 0.1) is 12.7 Å². The minimum atomic E-state index is -0.337. The molecule has 98 valence electrons. The van der Waals surface area contributed by atoms with Gasteiger partial charge in [-0.1, -0.05) is 6.07 Å². The van der Waals surface area contributed by atoms with Crippen LogP contribution in [0.5, 0.6) is 5.75 Å².